The maximum absolute atomic E-state index is 12.2. The van der Waals surface area contributed by atoms with E-state index in [0.29, 0.717) is 11.5 Å². The Hall–Kier alpha value is -3.31. The topological polar surface area (TPSA) is 137 Å². The fraction of sp³-hybridized carbons (Fsp3) is 0.250. The fourth-order valence-corrected chi connectivity index (χ4v) is 3.52. The number of amides is 3. The van der Waals surface area contributed by atoms with E-state index in [2.05, 4.69) is 5.32 Å². The summed E-state index contributed by atoms with van der Waals surface area (Å²) in [7, 11) is -3.57. The van der Waals surface area contributed by atoms with Gasteiger partial charge in [0.2, 0.25) is 0 Å². The SMILES string of the molecule is CS(=O)(=O)c1ccc(Cl)c(C(=O)OCC(=O)NC(=O)NCC2COc3ccccc3O2)c1. The molecule has 0 bridgehead atoms. The molecule has 0 fully saturated rings. The average molecular weight is 483 g/mol. The van der Waals surface area contributed by atoms with Gasteiger partial charge < -0.3 is 19.5 Å². The Kier molecular flexibility index (Phi) is 7.21. The van der Waals surface area contributed by atoms with Crippen molar-refractivity contribution in [2.45, 2.75) is 11.0 Å². The van der Waals surface area contributed by atoms with Gasteiger partial charge in [0.05, 0.1) is 22.0 Å². The summed E-state index contributed by atoms with van der Waals surface area (Å²) in [5.74, 6) is -0.750. The second-order valence-corrected chi connectivity index (χ2v) is 9.17. The summed E-state index contributed by atoms with van der Waals surface area (Å²) in [6.07, 6.45) is 0.522. The predicted molar refractivity (Wildman–Crippen MR) is 113 cm³/mol. The quantitative estimate of drug-likeness (QED) is 0.592. The third-order valence-corrected chi connectivity index (χ3v) is 5.67. The lowest BCUT2D eigenvalue weighted by Gasteiger charge is -2.26. The number of carbonyl (C=O) groups excluding carboxylic acids is 3. The van der Waals surface area contributed by atoms with Crippen LogP contribution in [-0.2, 0) is 19.4 Å². The Labute approximate surface area is 188 Å². The fourth-order valence-electron chi connectivity index (χ4n) is 2.68. The molecule has 1 aliphatic heterocycles. The highest BCUT2D eigenvalue weighted by atomic mass is 35.5. The monoisotopic (exact) mass is 482 g/mol. The molecule has 10 nitrogen and oxygen atoms in total. The normalized spacial score (nSPS) is 14.9. The van der Waals surface area contributed by atoms with Gasteiger partial charge in [-0.3, -0.25) is 10.1 Å². The molecule has 0 aromatic heterocycles. The van der Waals surface area contributed by atoms with Crippen LogP contribution in [0.25, 0.3) is 0 Å². The van der Waals surface area contributed by atoms with Crippen LogP contribution in [-0.4, -0.2) is 58.4 Å². The van der Waals surface area contributed by atoms with E-state index in [1.165, 1.54) is 12.1 Å². The van der Waals surface area contributed by atoms with E-state index in [4.69, 9.17) is 25.8 Å². The van der Waals surface area contributed by atoms with Crippen molar-refractivity contribution >= 4 is 39.3 Å². The first kappa shape index (κ1) is 23.4. The molecule has 32 heavy (non-hydrogen) atoms. The van der Waals surface area contributed by atoms with Crippen molar-refractivity contribution in [3.8, 4) is 11.5 Å². The zero-order valence-corrected chi connectivity index (χ0v) is 18.4. The molecule has 12 heteroatoms. The third kappa shape index (κ3) is 6.11. The lowest BCUT2D eigenvalue weighted by molar-refractivity contribution is -0.123. The highest BCUT2D eigenvalue weighted by molar-refractivity contribution is 7.90. The number of ether oxygens (including phenoxy) is 3. The maximum Gasteiger partial charge on any atom is 0.340 e. The number of imide groups is 1. The van der Waals surface area contributed by atoms with Gasteiger partial charge in [-0.15, -0.1) is 0 Å². The van der Waals surface area contributed by atoms with Gasteiger partial charge in [-0.1, -0.05) is 23.7 Å². The summed E-state index contributed by atoms with van der Waals surface area (Å²) in [6, 6.07) is 9.80. The van der Waals surface area contributed by atoms with Crippen LogP contribution in [0.5, 0.6) is 11.5 Å². The number of carbonyl (C=O) groups is 3. The minimum Gasteiger partial charge on any atom is -0.486 e. The molecule has 1 heterocycles. The summed E-state index contributed by atoms with van der Waals surface area (Å²) in [5.41, 5.74) is -0.221. The van der Waals surface area contributed by atoms with Crippen LogP contribution in [0.1, 0.15) is 10.4 Å². The molecule has 2 aromatic rings. The third-order valence-electron chi connectivity index (χ3n) is 4.23. The Morgan fingerprint density at radius 3 is 2.59 bits per heavy atom. The molecule has 0 saturated carbocycles. The second kappa shape index (κ2) is 9.88. The molecule has 170 valence electrons. The summed E-state index contributed by atoms with van der Waals surface area (Å²) < 4.78 is 39.3. The highest BCUT2D eigenvalue weighted by Crippen LogP contribution is 2.30. The predicted octanol–water partition coefficient (Wildman–Crippen LogP) is 1.57. The van der Waals surface area contributed by atoms with Crippen molar-refractivity contribution < 1.29 is 37.0 Å². The largest absolute Gasteiger partial charge is 0.486 e. The number of benzene rings is 2. The summed E-state index contributed by atoms with van der Waals surface area (Å²) >= 11 is 5.91. The smallest absolute Gasteiger partial charge is 0.340 e. The molecule has 0 aliphatic carbocycles. The van der Waals surface area contributed by atoms with Gasteiger partial charge in [0.15, 0.2) is 34.0 Å². The van der Waals surface area contributed by atoms with E-state index < -0.39 is 40.5 Å². The molecule has 0 saturated heterocycles. The van der Waals surface area contributed by atoms with Crippen molar-refractivity contribution in [2.75, 3.05) is 26.0 Å². The van der Waals surface area contributed by atoms with Gasteiger partial charge in [0.25, 0.3) is 5.91 Å². The van der Waals surface area contributed by atoms with Crippen molar-refractivity contribution in [3.05, 3.63) is 53.1 Å². The van der Waals surface area contributed by atoms with E-state index in [1.54, 1.807) is 18.2 Å². The Morgan fingerprint density at radius 2 is 1.88 bits per heavy atom. The summed E-state index contributed by atoms with van der Waals surface area (Å²) in [5, 5.41) is 4.42. The summed E-state index contributed by atoms with van der Waals surface area (Å²) in [6.45, 7) is -0.487. The first-order valence-corrected chi connectivity index (χ1v) is 11.5. The maximum atomic E-state index is 12.2. The molecule has 0 spiro atoms. The molecular weight excluding hydrogens is 464 g/mol. The highest BCUT2D eigenvalue weighted by Gasteiger charge is 2.22. The van der Waals surface area contributed by atoms with Gasteiger partial charge in [-0.25, -0.2) is 18.0 Å². The lowest BCUT2D eigenvalue weighted by atomic mass is 10.2. The van der Waals surface area contributed by atoms with Crippen LogP contribution in [0.2, 0.25) is 5.02 Å². The number of para-hydroxylation sites is 2. The van der Waals surface area contributed by atoms with Crippen molar-refractivity contribution in [1.82, 2.24) is 10.6 Å². The van der Waals surface area contributed by atoms with Crippen molar-refractivity contribution in [1.29, 1.82) is 0 Å². The molecule has 3 rings (SSSR count). The van der Waals surface area contributed by atoms with E-state index >= 15 is 0 Å². The zero-order valence-electron chi connectivity index (χ0n) is 16.8. The van der Waals surface area contributed by atoms with E-state index in [9.17, 15) is 22.8 Å². The number of esters is 1. The number of fused-ring (bicyclic) bond motifs is 1. The molecule has 1 unspecified atom stereocenters. The molecular formula is C20H19ClN2O8S. The van der Waals surface area contributed by atoms with Crippen molar-refractivity contribution in [3.63, 3.8) is 0 Å². The van der Waals surface area contributed by atoms with Crippen LogP contribution < -0.4 is 20.1 Å². The number of urea groups is 1. The van der Waals surface area contributed by atoms with Crippen LogP contribution in [0.15, 0.2) is 47.4 Å². The minimum absolute atomic E-state index is 0.0446. The Morgan fingerprint density at radius 1 is 1.16 bits per heavy atom. The van der Waals surface area contributed by atoms with E-state index in [1.807, 2.05) is 11.4 Å². The Balaban J connectivity index is 1.45. The molecule has 2 N–H and O–H groups in total. The molecule has 3 amide bonds. The summed E-state index contributed by atoms with van der Waals surface area (Å²) in [4.78, 5) is 35.8. The standard InChI is InChI=1S/C20H19ClN2O8S/c1-32(27,28)13-6-7-15(21)14(8-13)19(25)30-11-18(24)23-20(26)22-9-12-10-29-16-4-2-3-5-17(16)31-12/h2-8,12H,9-11H2,1H3,(H2,22,23,24,26). The van der Waals surface area contributed by atoms with Crippen LogP contribution in [0.3, 0.4) is 0 Å². The second-order valence-electron chi connectivity index (χ2n) is 6.75. The number of rotatable bonds is 6. The number of nitrogens with one attached hydrogen (secondary N) is 2. The van der Waals surface area contributed by atoms with Gasteiger partial charge >= 0.3 is 12.0 Å². The van der Waals surface area contributed by atoms with Crippen molar-refractivity contribution in [2.24, 2.45) is 0 Å². The lowest BCUT2D eigenvalue weighted by Crippen LogP contribution is -2.46. The first-order chi connectivity index (χ1) is 15.1. The van der Waals surface area contributed by atoms with Gasteiger partial charge in [0, 0.05) is 6.26 Å². The number of hydrogen-bond donors (Lipinski definition) is 2. The average Bonchev–Trinajstić information content (AvgIpc) is 2.75. The van der Waals surface area contributed by atoms with Gasteiger partial charge in [-0.2, -0.15) is 0 Å². The zero-order chi connectivity index (χ0) is 23.3. The molecule has 0 radical (unpaired) electrons. The van der Waals surface area contributed by atoms with Gasteiger partial charge in [-0.05, 0) is 30.3 Å². The Bertz CT molecular complexity index is 1150. The minimum atomic E-state index is -3.57. The number of sulfone groups is 1. The molecule has 2 aromatic carbocycles. The number of halogens is 1. The first-order valence-electron chi connectivity index (χ1n) is 9.26. The number of hydrogen-bond acceptors (Lipinski definition) is 8. The van der Waals surface area contributed by atoms with Gasteiger partial charge in [0.1, 0.15) is 6.61 Å². The van der Waals surface area contributed by atoms with Crippen LogP contribution >= 0.6 is 11.6 Å². The van der Waals surface area contributed by atoms with Crippen LogP contribution in [0.4, 0.5) is 4.79 Å². The van der Waals surface area contributed by atoms with E-state index in [0.717, 1.165) is 12.3 Å². The molecule has 1 atom stereocenters. The van der Waals surface area contributed by atoms with E-state index in [-0.39, 0.29) is 28.6 Å². The van der Waals surface area contributed by atoms with Crippen LogP contribution in [0, 0.1) is 0 Å². The molecule has 1 aliphatic rings.